The van der Waals surface area contributed by atoms with Crippen LogP contribution >= 0.6 is 27.3 Å². The Morgan fingerprint density at radius 3 is 2.35 bits per heavy atom. The van der Waals surface area contributed by atoms with E-state index in [0.717, 1.165) is 10.4 Å². The van der Waals surface area contributed by atoms with Crippen LogP contribution in [0.2, 0.25) is 0 Å². The van der Waals surface area contributed by atoms with Crippen molar-refractivity contribution in [1.82, 2.24) is 0 Å². The first-order valence-electron chi connectivity index (χ1n) is 7.34. The van der Waals surface area contributed by atoms with Crippen molar-refractivity contribution >= 4 is 27.3 Å². The fourth-order valence-corrected chi connectivity index (χ4v) is 4.74. The lowest BCUT2D eigenvalue weighted by atomic mass is 9.83. The van der Waals surface area contributed by atoms with Gasteiger partial charge in [-0.1, -0.05) is 43.5 Å². The summed E-state index contributed by atoms with van der Waals surface area (Å²) < 4.78 is 1.12. The molecule has 1 aromatic carbocycles. The quantitative estimate of drug-likeness (QED) is 0.765. The van der Waals surface area contributed by atoms with E-state index in [1.807, 2.05) is 0 Å². The summed E-state index contributed by atoms with van der Waals surface area (Å²) in [5.41, 5.74) is 9.06. The molecule has 1 saturated carbocycles. The van der Waals surface area contributed by atoms with Crippen molar-refractivity contribution < 1.29 is 0 Å². The molecule has 1 aliphatic rings. The maximum absolute atomic E-state index is 6.37. The molecule has 1 unspecified atom stereocenters. The van der Waals surface area contributed by atoms with Crippen LogP contribution in [0, 0.1) is 0 Å². The Labute approximate surface area is 133 Å². The van der Waals surface area contributed by atoms with Gasteiger partial charge in [0, 0.05) is 9.35 Å². The number of rotatable bonds is 3. The summed E-state index contributed by atoms with van der Waals surface area (Å²) in [5.74, 6) is 0.766. The van der Waals surface area contributed by atoms with Gasteiger partial charge in [0.15, 0.2) is 0 Å². The Hall–Kier alpha value is -0.640. The number of benzene rings is 1. The van der Waals surface area contributed by atoms with Gasteiger partial charge < -0.3 is 5.73 Å². The van der Waals surface area contributed by atoms with Gasteiger partial charge in [0.05, 0.1) is 6.04 Å². The summed E-state index contributed by atoms with van der Waals surface area (Å²) in [7, 11) is 0. The van der Waals surface area contributed by atoms with E-state index in [0.29, 0.717) is 0 Å². The van der Waals surface area contributed by atoms with Crippen molar-refractivity contribution in [3.63, 3.8) is 0 Å². The lowest BCUT2D eigenvalue weighted by Gasteiger charge is -2.22. The SMILES string of the molecule is NC(c1ccc(C2CCCCC2)cc1)c1sccc1Br. The van der Waals surface area contributed by atoms with Crippen molar-refractivity contribution in [1.29, 1.82) is 0 Å². The van der Waals surface area contributed by atoms with Crippen LogP contribution in [0.5, 0.6) is 0 Å². The van der Waals surface area contributed by atoms with Crippen LogP contribution in [0.25, 0.3) is 0 Å². The van der Waals surface area contributed by atoms with Gasteiger partial charge in [-0.2, -0.15) is 0 Å². The molecule has 1 heterocycles. The Bertz CT molecular complexity index is 555. The summed E-state index contributed by atoms with van der Waals surface area (Å²) in [5, 5.41) is 2.08. The van der Waals surface area contributed by atoms with Crippen LogP contribution in [0.1, 0.15) is 60.1 Å². The summed E-state index contributed by atoms with van der Waals surface area (Å²) in [6, 6.07) is 11.0. The second-order valence-corrected chi connectivity index (χ2v) is 7.41. The van der Waals surface area contributed by atoms with E-state index in [1.54, 1.807) is 11.3 Å². The average molecular weight is 350 g/mol. The molecule has 0 radical (unpaired) electrons. The first kappa shape index (κ1) is 14.3. The summed E-state index contributed by atoms with van der Waals surface area (Å²) in [4.78, 5) is 1.20. The van der Waals surface area contributed by atoms with E-state index < -0.39 is 0 Å². The van der Waals surface area contributed by atoms with Gasteiger partial charge >= 0.3 is 0 Å². The van der Waals surface area contributed by atoms with Gasteiger partial charge in [-0.25, -0.2) is 0 Å². The van der Waals surface area contributed by atoms with Gasteiger partial charge in [0.2, 0.25) is 0 Å². The van der Waals surface area contributed by atoms with E-state index >= 15 is 0 Å². The Morgan fingerprint density at radius 2 is 1.75 bits per heavy atom. The van der Waals surface area contributed by atoms with Crippen molar-refractivity contribution in [2.75, 3.05) is 0 Å². The minimum atomic E-state index is -0.0234. The molecule has 0 aliphatic heterocycles. The molecule has 3 heteroatoms. The Balaban J connectivity index is 1.77. The second-order valence-electron chi connectivity index (χ2n) is 5.61. The molecule has 1 aromatic heterocycles. The zero-order chi connectivity index (χ0) is 13.9. The molecule has 2 N–H and O–H groups in total. The first-order chi connectivity index (χ1) is 9.75. The van der Waals surface area contributed by atoms with Crippen LogP contribution in [0.3, 0.4) is 0 Å². The fraction of sp³-hybridized carbons (Fsp3) is 0.412. The van der Waals surface area contributed by atoms with Crippen LogP contribution in [-0.2, 0) is 0 Å². The van der Waals surface area contributed by atoms with Crippen LogP contribution in [0.4, 0.5) is 0 Å². The molecule has 0 saturated heterocycles. The molecular formula is C17H20BrNS. The van der Waals surface area contributed by atoms with Crippen LogP contribution < -0.4 is 5.73 Å². The summed E-state index contributed by atoms with van der Waals surface area (Å²) in [6.07, 6.45) is 6.87. The number of thiophene rings is 1. The molecule has 0 bridgehead atoms. The molecule has 0 spiro atoms. The van der Waals surface area contributed by atoms with E-state index in [9.17, 15) is 0 Å². The zero-order valence-corrected chi connectivity index (χ0v) is 13.9. The van der Waals surface area contributed by atoms with Gasteiger partial charge in [-0.15, -0.1) is 11.3 Å². The molecular weight excluding hydrogens is 330 g/mol. The van der Waals surface area contributed by atoms with Gasteiger partial charge in [-0.05, 0) is 57.3 Å². The van der Waals surface area contributed by atoms with E-state index in [2.05, 4.69) is 51.6 Å². The molecule has 1 aliphatic carbocycles. The average Bonchev–Trinajstić information content (AvgIpc) is 2.94. The van der Waals surface area contributed by atoms with Crippen molar-refractivity contribution in [2.24, 2.45) is 5.73 Å². The Kier molecular flexibility index (Phi) is 4.59. The predicted molar refractivity (Wildman–Crippen MR) is 90.3 cm³/mol. The third-order valence-corrected chi connectivity index (χ3v) is 6.25. The van der Waals surface area contributed by atoms with Crippen LogP contribution in [-0.4, -0.2) is 0 Å². The molecule has 0 amide bonds. The Morgan fingerprint density at radius 1 is 1.05 bits per heavy atom. The lowest BCUT2D eigenvalue weighted by Crippen LogP contribution is -2.11. The van der Waals surface area contributed by atoms with E-state index in [1.165, 1.54) is 48.1 Å². The number of halogens is 1. The minimum absolute atomic E-state index is 0.0234. The predicted octanol–water partition coefficient (Wildman–Crippen LogP) is 5.61. The van der Waals surface area contributed by atoms with Gasteiger partial charge in [-0.3, -0.25) is 0 Å². The van der Waals surface area contributed by atoms with Crippen LogP contribution in [0.15, 0.2) is 40.2 Å². The van der Waals surface area contributed by atoms with Crippen molar-refractivity contribution in [3.05, 3.63) is 56.2 Å². The maximum atomic E-state index is 6.37. The van der Waals surface area contributed by atoms with Gasteiger partial charge in [0.25, 0.3) is 0 Å². The zero-order valence-electron chi connectivity index (χ0n) is 11.5. The van der Waals surface area contributed by atoms with Crippen molar-refractivity contribution in [3.8, 4) is 0 Å². The molecule has 1 atom stereocenters. The standard InChI is InChI=1S/C17H20BrNS/c18-15-10-11-20-17(15)16(19)14-8-6-13(7-9-14)12-4-2-1-3-5-12/h6-12,16H,1-5,19H2. The highest BCUT2D eigenvalue weighted by Gasteiger charge is 2.17. The highest BCUT2D eigenvalue weighted by Crippen LogP contribution is 2.35. The number of hydrogen-bond acceptors (Lipinski definition) is 2. The summed E-state index contributed by atoms with van der Waals surface area (Å²) >= 11 is 5.28. The normalized spacial score (nSPS) is 18.1. The monoisotopic (exact) mass is 349 g/mol. The maximum Gasteiger partial charge on any atom is 0.0657 e. The second kappa shape index (κ2) is 6.42. The first-order valence-corrected chi connectivity index (χ1v) is 9.01. The fourth-order valence-electron chi connectivity index (χ4n) is 3.09. The van der Waals surface area contributed by atoms with E-state index in [4.69, 9.17) is 5.73 Å². The molecule has 20 heavy (non-hydrogen) atoms. The van der Waals surface area contributed by atoms with Gasteiger partial charge in [0.1, 0.15) is 0 Å². The largest absolute Gasteiger partial charge is 0.320 e. The van der Waals surface area contributed by atoms with Crippen molar-refractivity contribution in [2.45, 2.75) is 44.1 Å². The third kappa shape index (κ3) is 3.00. The molecule has 2 aromatic rings. The lowest BCUT2D eigenvalue weighted by molar-refractivity contribution is 0.443. The number of hydrogen-bond donors (Lipinski definition) is 1. The topological polar surface area (TPSA) is 26.0 Å². The van der Waals surface area contributed by atoms with E-state index in [-0.39, 0.29) is 6.04 Å². The third-order valence-electron chi connectivity index (χ3n) is 4.30. The molecule has 106 valence electrons. The molecule has 1 fully saturated rings. The smallest absolute Gasteiger partial charge is 0.0657 e. The molecule has 3 rings (SSSR count). The highest BCUT2D eigenvalue weighted by atomic mass is 79.9. The molecule has 1 nitrogen and oxygen atoms in total. The minimum Gasteiger partial charge on any atom is -0.320 e. The summed E-state index contributed by atoms with van der Waals surface area (Å²) in [6.45, 7) is 0. The highest BCUT2D eigenvalue weighted by molar-refractivity contribution is 9.10. The number of nitrogens with two attached hydrogens (primary N) is 1.